The maximum absolute atomic E-state index is 12.9. The van der Waals surface area contributed by atoms with Crippen LogP contribution in [0.1, 0.15) is 19.3 Å². The minimum Gasteiger partial charge on any atom is -0.341 e. The maximum atomic E-state index is 12.9. The molecule has 1 aliphatic heterocycles. The van der Waals surface area contributed by atoms with Crippen LogP contribution in [0.4, 0.5) is 0 Å². The molecule has 2 heterocycles. The number of carbonyl (C=O) groups excluding carboxylic acids is 1. The van der Waals surface area contributed by atoms with Gasteiger partial charge in [0, 0.05) is 34.3 Å². The van der Waals surface area contributed by atoms with Gasteiger partial charge in [-0.25, -0.2) is 4.68 Å². The molecular formula is C21H18Cl4N4O. The van der Waals surface area contributed by atoms with E-state index in [1.807, 2.05) is 4.90 Å². The van der Waals surface area contributed by atoms with Crippen molar-refractivity contribution >= 4 is 52.3 Å². The summed E-state index contributed by atoms with van der Waals surface area (Å²) in [5.74, 6) is -0.000288. The van der Waals surface area contributed by atoms with Crippen LogP contribution in [0, 0.1) is 0 Å². The lowest BCUT2D eigenvalue weighted by Gasteiger charge is -2.26. The molecule has 3 aromatic rings. The van der Waals surface area contributed by atoms with Crippen molar-refractivity contribution in [2.75, 3.05) is 13.1 Å². The van der Waals surface area contributed by atoms with E-state index in [-0.39, 0.29) is 12.5 Å². The fourth-order valence-corrected chi connectivity index (χ4v) is 4.60. The quantitative estimate of drug-likeness (QED) is 0.441. The summed E-state index contributed by atoms with van der Waals surface area (Å²) in [6.45, 7) is 1.59. The van der Waals surface area contributed by atoms with Gasteiger partial charge < -0.3 is 4.90 Å². The van der Waals surface area contributed by atoms with Crippen LogP contribution in [0.15, 0.2) is 36.4 Å². The number of halogens is 4. The van der Waals surface area contributed by atoms with Crippen LogP contribution in [0.2, 0.25) is 20.1 Å². The highest BCUT2D eigenvalue weighted by Crippen LogP contribution is 2.39. The first-order valence-corrected chi connectivity index (χ1v) is 11.1. The summed E-state index contributed by atoms with van der Waals surface area (Å²) in [6, 6.07) is 10.3. The van der Waals surface area contributed by atoms with Gasteiger partial charge in [0.1, 0.15) is 12.2 Å². The number of piperidine rings is 1. The van der Waals surface area contributed by atoms with Crippen molar-refractivity contribution in [3.05, 3.63) is 56.5 Å². The van der Waals surface area contributed by atoms with Gasteiger partial charge in [0.2, 0.25) is 5.91 Å². The molecule has 5 nitrogen and oxygen atoms in total. The van der Waals surface area contributed by atoms with E-state index in [2.05, 4.69) is 10.3 Å². The first kappa shape index (κ1) is 21.4. The monoisotopic (exact) mass is 482 g/mol. The zero-order chi connectivity index (χ0) is 21.3. The highest BCUT2D eigenvalue weighted by molar-refractivity contribution is 6.37. The summed E-state index contributed by atoms with van der Waals surface area (Å²) >= 11 is 25.1. The first-order valence-electron chi connectivity index (χ1n) is 9.56. The highest BCUT2D eigenvalue weighted by Gasteiger charge is 2.24. The average molecular weight is 484 g/mol. The smallest absolute Gasteiger partial charge is 0.244 e. The van der Waals surface area contributed by atoms with E-state index in [1.54, 1.807) is 41.1 Å². The molecule has 1 aliphatic rings. The lowest BCUT2D eigenvalue weighted by molar-refractivity contribution is -0.132. The van der Waals surface area contributed by atoms with Crippen LogP contribution in [-0.4, -0.2) is 38.9 Å². The van der Waals surface area contributed by atoms with Crippen LogP contribution < -0.4 is 0 Å². The van der Waals surface area contributed by atoms with Gasteiger partial charge in [-0.15, -0.1) is 5.10 Å². The Morgan fingerprint density at radius 2 is 1.47 bits per heavy atom. The lowest BCUT2D eigenvalue weighted by Crippen LogP contribution is -2.38. The Kier molecular flexibility index (Phi) is 6.54. The van der Waals surface area contributed by atoms with E-state index in [9.17, 15) is 4.79 Å². The van der Waals surface area contributed by atoms with Crippen molar-refractivity contribution in [1.82, 2.24) is 19.9 Å². The van der Waals surface area contributed by atoms with E-state index in [0.717, 1.165) is 32.4 Å². The number of hydrogen-bond donors (Lipinski definition) is 0. The molecule has 1 aromatic heterocycles. The van der Waals surface area contributed by atoms with Crippen LogP contribution >= 0.6 is 46.4 Å². The van der Waals surface area contributed by atoms with Crippen LogP contribution in [0.25, 0.3) is 22.5 Å². The minimum absolute atomic E-state index is 0.000288. The summed E-state index contributed by atoms with van der Waals surface area (Å²) in [7, 11) is 0. The Morgan fingerprint density at radius 3 is 2.07 bits per heavy atom. The van der Waals surface area contributed by atoms with Gasteiger partial charge in [0.15, 0.2) is 0 Å². The predicted molar refractivity (Wildman–Crippen MR) is 121 cm³/mol. The van der Waals surface area contributed by atoms with Crippen molar-refractivity contribution in [3.63, 3.8) is 0 Å². The van der Waals surface area contributed by atoms with E-state index >= 15 is 0 Å². The number of benzene rings is 2. The van der Waals surface area contributed by atoms with Crippen molar-refractivity contribution in [1.29, 1.82) is 0 Å². The molecule has 2 aromatic carbocycles. The third kappa shape index (κ3) is 4.45. The SMILES string of the molecule is O=C(Cn1nnc(-c2ccc(Cl)cc2Cl)c1-c1ccc(Cl)cc1Cl)N1CCCCC1. The topological polar surface area (TPSA) is 51.0 Å². The second-order valence-electron chi connectivity index (χ2n) is 7.13. The Labute approximate surface area is 194 Å². The fraction of sp³-hybridized carbons (Fsp3) is 0.286. The molecule has 4 rings (SSSR count). The van der Waals surface area contributed by atoms with Gasteiger partial charge in [-0.3, -0.25) is 4.79 Å². The molecular weight excluding hydrogens is 466 g/mol. The molecule has 0 unspecified atom stereocenters. The van der Waals surface area contributed by atoms with Gasteiger partial charge in [0.25, 0.3) is 0 Å². The summed E-state index contributed by atoms with van der Waals surface area (Å²) in [5, 5.41) is 10.5. The Hall–Kier alpha value is -1.79. The fourth-order valence-electron chi connectivity index (χ4n) is 3.61. The second-order valence-corrected chi connectivity index (χ2v) is 8.82. The summed E-state index contributed by atoms with van der Waals surface area (Å²) in [6.07, 6.45) is 3.19. The molecule has 0 aliphatic carbocycles. The number of rotatable bonds is 4. The van der Waals surface area contributed by atoms with Gasteiger partial charge in [-0.2, -0.15) is 0 Å². The summed E-state index contributed by atoms with van der Waals surface area (Å²) in [4.78, 5) is 14.8. The molecule has 0 radical (unpaired) electrons. The zero-order valence-electron chi connectivity index (χ0n) is 15.9. The van der Waals surface area contributed by atoms with Gasteiger partial charge >= 0.3 is 0 Å². The van der Waals surface area contributed by atoms with Crippen LogP contribution in [0.3, 0.4) is 0 Å². The molecule has 9 heteroatoms. The number of carbonyl (C=O) groups is 1. The largest absolute Gasteiger partial charge is 0.341 e. The van der Waals surface area contributed by atoms with Crippen LogP contribution in [-0.2, 0) is 11.3 Å². The summed E-state index contributed by atoms with van der Waals surface area (Å²) < 4.78 is 1.58. The van der Waals surface area contributed by atoms with Gasteiger partial charge in [-0.1, -0.05) is 51.6 Å². The Morgan fingerprint density at radius 1 is 0.867 bits per heavy atom. The Balaban J connectivity index is 1.80. The third-order valence-electron chi connectivity index (χ3n) is 5.10. The maximum Gasteiger partial charge on any atom is 0.244 e. The molecule has 0 N–H and O–H groups in total. The number of aromatic nitrogens is 3. The predicted octanol–water partition coefficient (Wildman–Crippen LogP) is 6.24. The van der Waals surface area contributed by atoms with Crippen molar-refractivity contribution in [2.24, 2.45) is 0 Å². The first-order chi connectivity index (χ1) is 14.4. The average Bonchev–Trinajstić information content (AvgIpc) is 3.11. The van der Waals surface area contributed by atoms with Crippen molar-refractivity contribution in [2.45, 2.75) is 25.8 Å². The van der Waals surface area contributed by atoms with E-state index in [0.29, 0.717) is 42.6 Å². The molecule has 0 bridgehead atoms. The summed E-state index contributed by atoms with van der Waals surface area (Å²) in [5.41, 5.74) is 2.44. The standard InChI is InChI=1S/C21H18Cl4N4O/c22-13-4-6-15(17(24)10-13)20-21(16-7-5-14(23)11-18(16)25)29(27-26-20)12-19(30)28-8-2-1-3-9-28/h4-7,10-11H,1-3,8-9,12H2. The molecule has 0 saturated carbocycles. The number of hydrogen-bond acceptors (Lipinski definition) is 3. The highest BCUT2D eigenvalue weighted by atomic mass is 35.5. The number of amides is 1. The van der Waals surface area contributed by atoms with Gasteiger partial charge in [-0.05, 0) is 55.7 Å². The van der Waals surface area contributed by atoms with E-state index < -0.39 is 0 Å². The zero-order valence-corrected chi connectivity index (χ0v) is 18.9. The third-order valence-corrected chi connectivity index (χ3v) is 6.20. The van der Waals surface area contributed by atoms with Crippen LogP contribution in [0.5, 0.6) is 0 Å². The van der Waals surface area contributed by atoms with Gasteiger partial charge in [0.05, 0.1) is 15.7 Å². The van der Waals surface area contributed by atoms with E-state index in [4.69, 9.17) is 46.4 Å². The number of nitrogens with zero attached hydrogens (tertiary/aromatic N) is 4. The molecule has 30 heavy (non-hydrogen) atoms. The Bertz CT molecular complexity index is 1090. The molecule has 1 saturated heterocycles. The normalized spacial score (nSPS) is 14.2. The van der Waals surface area contributed by atoms with E-state index in [1.165, 1.54) is 0 Å². The molecule has 1 fully saturated rings. The molecule has 1 amide bonds. The second kappa shape index (κ2) is 9.15. The molecule has 156 valence electrons. The van der Waals surface area contributed by atoms with Crippen molar-refractivity contribution < 1.29 is 4.79 Å². The number of likely N-dealkylation sites (tertiary alicyclic amines) is 1. The molecule has 0 atom stereocenters. The lowest BCUT2D eigenvalue weighted by atomic mass is 10.0. The van der Waals surface area contributed by atoms with Crippen molar-refractivity contribution in [3.8, 4) is 22.5 Å². The molecule has 0 spiro atoms. The minimum atomic E-state index is -0.000288.